The summed E-state index contributed by atoms with van der Waals surface area (Å²) >= 11 is -0.600. The molecule has 1 unspecified atom stereocenters. The van der Waals surface area contributed by atoms with Gasteiger partial charge in [0, 0.05) is 43.2 Å². The molecule has 1 aromatic heterocycles. The number of nitrogens with one attached hydrogen (secondary N) is 1. The molecule has 1 amide bonds. The Kier molecular flexibility index (Phi) is 7.42. The number of nitrogen functional groups attached to an aromatic ring is 1. The van der Waals surface area contributed by atoms with Crippen LogP contribution in [0.25, 0.3) is 11.1 Å². The van der Waals surface area contributed by atoms with Crippen LogP contribution in [0.5, 0.6) is 0 Å². The number of amides is 1. The Bertz CT molecular complexity index is 985. The number of pyridine rings is 1. The van der Waals surface area contributed by atoms with E-state index in [1.165, 1.54) is 31.2 Å². The lowest BCUT2D eigenvalue weighted by molar-refractivity contribution is 0.0928. The van der Waals surface area contributed by atoms with E-state index in [-0.39, 0.29) is 17.8 Å². The highest BCUT2D eigenvalue weighted by molar-refractivity contribution is 7.91. The summed E-state index contributed by atoms with van der Waals surface area (Å²) in [4.78, 5) is 19.8. The molecular formula is C27H36N4O2S. The maximum atomic E-state index is 12.9. The summed E-state index contributed by atoms with van der Waals surface area (Å²) in [5, 5.41) is 3.15. The average Bonchev–Trinajstić information content (AvgIpc) is 3.36. The maximum absolute atomic E-state index is 12.9. The van der Waals surface area contributed by atoms with Gasteiger partial charge in [-0.3, -0.25) is 9.69 Å². The Balaban J connectivity index is 1.24. The lowest BCUT2D eigenvalue weighted by Gasteiger charge is -2.31. The topological polar surface area (TPSA) is 94.3 Å². The smallest absolute Gasteiger partial charge is 0.255 e. The molecule has 3 N–H and O–H groups in total. The molecule has 0 spiro atoms. The maximum Gasteiger partial charge on any atom is 0.255 e. The molecule has 1 aromatic carbocycles. The van der Waals surface area contributed by atoms with Gasteiger partial charge in [-0.15, -0.1) is 0 Å². The number of likely N-dealkylation sites (tertiary alicyclic amines) is 1. The van der Waals surface area contributed by atoms with Gasteiger partial charge in [-0.25, -0.2) is 4.98 Å². The predicted molar refractivity (Wildman–Crippen MR) is 138 cm³/mol. The molecule has 6 nitrogen and oxygen atoms in total. The van der Waals surface area contributed by atoms with Crippen LogP contribution in [0.3, 0.4) is 0 Å². The van der Waals surface area contributed by atoms with Crippen LogP contribution in [0.15, 0.2) is 36.5 Å². The Morgan fingerprint density at radius 3 is 2.50 bits per heavy atom. The van der Waals surface area contributed by atoms with Crippen LogP contribution in [0, 0.1) is 0 Å². The van der Waals surface area contributed by atoms with E-state index in [4.69, 9.17) is 5.73 Å². The fourth-order valence-electron chi connectivity index (χ4n) is 5.81. The monoisotopic (exact) mass is 480 g/mol. The number of nitrogens with zero attached hydrogens (tertiary/aromatic N) is 2. The van der Waals surface area contributed by atoms with E-state index in [1.54, 1.807) is 6.20 Å². The van der Waals surface area contributed by atoms with Crippen molar-refractivity contribution < 1.29 is 9.35 Å². The van der Waals surface area contributed by atoms with Crippen molar-refractivity contribution in [2.75, 3.05) is 30.3 Å². The largest absolute Gasteiger partial charge is 0.616 e. The zero-order valence-corrected chi connectivity index (χ0v) is 20.7. The second-order valence-electron chi connectivity index (χ2n) is 10.1. The van der Waals surface area contributed by atoms with Crippen LogP contribution in [0.4, 0.5) is 5.82 Å². The Hall–Kier alpha value is -2.09. The van der Waals surface area contributed by atoms with Crippen molar-refractivity contribution in [3.05, 3.63) is 47.7 Å². The van der Waals surface area contributed by atoms with E-state index in [9.17, 15) is 9.35 Å². The zero-order chi connectivity index (χ0) is 23.5. The zero-order valence-electron chi connectivity index (χ0n) is 19.9. The summed E-state index contributed by atoms with van der Waals surface area (Å²) in [6.45, 7) is 2.22. The molecule has 2 aromatic rings. The predicted octanol–water partition coefficient (Wildman–Crippen LogP) is 4.09. The van der Waals surface area contributed by atoms with Gasteiger partial charge >= 0.3 is 0 Å². The van der Waals surface area contributed by atoms with Crippen LogP contribution in [0.1, 0.15) is 73.2 Å². The summed E-state index contributed by atoms with van der Waals surface area (Å²) in [7, 11) is 0. The van der Waals surface area contributed by atoms with Gasteiger partial charge in [-0.1, -0.05) is 54.7 Å². The molecule has 0 radical (unpaired) electrons. The van der Waals surface area contributed by atoms with Crippen LogP contribution < -0.4 is 11.1 Å². The van der Waals surface area contributed by atoms with Gasteiger partial charge in [0.1, 0.15) is 17.3 Å². The molecule has 2 saturated heterocycles. The third-order valence-electron chi connectivity index (χ3n) is 7.91. The molecule has 1 atom stereocenters. The second-order valence-corrected chi connectivity index (χ2v) is 11.8. The highest BCUT2D eigenvalue weighted by atomic mass is 32.2. The van der Waals surface area contributed by atoms with E-state index in [1.807, 2.05) is 6.07 Å². The van der Waals surface area contributed by atoms with Gasteiger partial charge in [0.05, 0.1) is 5.56 Å². The first-order chi connectivity index (χ1) is 16.6. The number of carbonyl (C=O) groups excluding carboxylic acids is 1. The minimum Gasteiger partial charge on any atom is -0.616 e. The van der Waals surface area contributed by atoms with Crippen molar-refractivity contribution in [2.45, 2.75) is 69.4 Å². The SMILES string of the molecule is Nc1ncc(-c2ccc(C3CCN(C4CC[S+]([O-])CC4)C3)cc2)cc1C(=O)NC1CCCCC1. The van der Waals surface area contributed by atoms with Gasteiger partial charge in [0.25, 0.3) is 5.91 Å². The van der Waals surface area contributed by atoms with E-state index < -0.39 is 11.2 Å². The summed E-state index contributed by atoms with van der Waals surface area (Å²) < 4.78 is 11.7. The van der Waals surface area contributed by atoms with Gasteiger partial charge in [-0.05, 0) is 48.9 Å². The van der Waals surface area contributed by atoms with Gasteiger partial charge in [0.2, 0.25) is 0 Å². The summed E-state index contributed by atoms with van der Waals surface area (Å²) in [5.74, 6) is 2.43. The van der Waals surface area contributed by atoms with Crippen LogP contribution in [-0.4, -0.2) is 57.0 Å². The van der Waals surface area contributed by atoms with Crippen LogP contribution in [0.2, 0.25) is 0 Å². The van der Waals surface area contributed by atoms with Gasteiger partial charge in [0.15, 0.2) is 0 Å². The number of nitrogens with two attached hydrogens (primary N) is 1. The van der Waals surface area contributed by atoms with E-state index in [2.05, 4.69) is 39.5 Å². The highest BCUT2D eigenvalue weighted by Gasteiger charge is 2.32. The summed E-state index contributed by atoms with van der Waals surface area (Å²) in [6, 6.07) is 11.4. The van der Waals surface area contributed by atoms with Crippen molar-refractivity contribution >= 4 is 22.9 Å². The first kappa shape index (κ1) is 23.6. The number of anilines is 1. The van der Waals surface area contributed by atoms with Crippen molar-refractivity contribution in [2.24, 2.45) is 0 Å². The molecular weight excluding hydrogens is 444 g/mol. The molecule has 1 aliphatic carbocycles. The molecule has 182 valence electrons. The van der Waals surface area contributed by atoms with Crippen molar-refractivity contribution in [3.8, 4) is 11.1 Å². The molecule has 0 bridgehead atoms. The minimum atomic E-state index is -0.600. The van der Waals surface area contributed by atoms with Gasteiger partial charge < -0.3 is 15.6 Å². The molecule has 3 heterocycles. The summed E-state index contributed by atoms with van der Waals surface area (Å²) in [5.41, 5.74) is 9.86. The Morgan fingerprint density at radius 1 is 1.03 bits per heavy atom. The first-order valence-electron chi connectivity index (χ1n) is 12.8. The number of carbonyl (C=O) groups is 1. The number of hydrogen-bond acceptors (Lipinski definition) is 5. The third kappa shape index (κ3) is 5.42. The Morgan fingerprint density at radius 2 is 1.76 bits per heavy atom. The molecule has 1 saturated carbocycles. The lowest BCUT2D eigenvalue weighted by Crippen LogP contribution is -2.39. The lowest BCUT2D eigenvalue weighted by atomic mass is 9.94. The van der Waals surface area contributed by atoms with E-state index in [0.717, 1.165) is 61.4 Å². The number of hydrogen-bond donors (Lipinski definition) is 2. The highest BCUT2D eigenvalue weighted by Crippen LogP contribution is 2.33. The van der Waals surface area contributed by atoms with Gasteiger partial charge in [-0.2, -0.15) is 0 Å². The van der Waals surface area contributed by atoms with E-state index in [0.29, 0.717) is 17.5 Å². The second kappa shape index (κ2) is 10.7. The fourth-order valence-corrected chi connectivity index (χ4v) is 7.08. The third-order valence-corrected chi connectivity index (χ3v) is 9.29. The molecule has 3 aliphatic rings. The fraction of sp³-hybridized carbons (Fsp3) is 0.556. The summed E-state index contributed by atoms with van der Waals surface area (Å²) in [6.07, 6.45) is 10.7. The van der Waals surface area contributed by atoms with Crippen molar-refractivity contribution in [1.29, 1.82) is 0 Å². The van der Waals surface area contributed by atoms with Crippen LogP contribution in [-0.2, 0) is 11.2 Å². The Labute approximate surface area is 205 Å². The molecule has 3 fully saturated rings. The molecule has 34 heavy (non-hydrogen) atoms. The molecule has 2 aliphatic heterocycles. The number of rotatable bonds is 5. The number of benzene rings is 1. The molecule has 7 heteroatoms. The van der Waals surface area contributed by atoms with Crippen molar-refractivity contribution in [1.82, 2.24) is 15.2 Å². The average molecular weight is 481 g/mol. The van der Waals surface area contributed by atoms with Crippen LogP contribution >= 0.6 is 0 Å². The normalized spacial score (nSPS) is 26.4. The first-order valence-corrected chi connectivity index (χ1v) is 14.3. The quantitative estimate of drug-likeness (QED) is 0.629. The van der Waals surface area contributed by atoms with E-state index >= 15 is 0 Å². The molecule has 5 rings (SSSR count). The minimum absolute atomic E-state index is 0.118. The van der Waals surface area contributed by atoms with Crippen molar-refractivity contribution in [3.63, 3.8) is 0 Å². The number of aromatic nitrogens is 1. The standard InChI is InChI=1S/C27H36N4O2S/c28-26-25(27(32)30-23-4-2-1-3-5-23)16-22(17-29-26)20-8-6-19(7-9-20)21-10-13-31(18-21)24-11-14-34(33)15-12-24/h6-9,16-17,21,23-24H,1-5,10-15,18H2,(H2,28,29)(H,30,32).